The molecule has 1 unspecified atom stereocenters. The molecule has 72 valence electrons. The van der Waals surface area contributed by atoms with Gasteiger partial charge in [0, 0.05) is 7.11 Å². The van der Waals surface area contributed by atoms with Crippen LogP contribution in [0, 0.1) is 5.82 Å². The van der Waals surface area contributed by atoms with E-state index in [-0.39, 0.29) is 11.9 Å². The molecule has 0 spiro atoms. The van der Waals surface area contributed by atoms with Crippen LogP contribution in [0.5, 0.6) is 0 Å². The van der Waals surface area contributed by atoms with E-state index in [1.165, 1.54) is 6.07 Å². The number of benzene rings is 1. The predicted octanol–water partition coefficient (Wildman–Crippen LogP) is 2.23. The lowest BCUT2D eigenvalue weighted by Gasteiger charge is -2.12. The molecule has 0 fully saturated rings. The first-order valence-electron chi connectivity index (χ1n) is 3.85. The molecule has 0 aromatic heterocycles. The summed E-state index contributed by atoms with van der Waals surface area (Å²) in [4.78, 5) is 0. The Morgan fingerprint density at radius 1 is 1.62 bits per heavy atom. The molecule has 0 radical (unpaired) electrons. The molecular formula is C9H11BrFNO. The molecule has 1 rings (SSSR count). The van der Waals surface area contributed by atoms with Gasteiger partial charge < -0.3 is 10.5 Å². The normalized spacial score (nSPS) is 12.9. The lowest BCUT2D eigenvalue weighted by Crippen LogP contribution is -2.16. The number of methoxy groups -OCH3 is 1. The molecule has 4 heteroatoms. The fourth-order valence-electron chi connectivity index (χ4n) is 1.08. The standard InChI is InChI=1S/C9H11BrFNO/c1-13-5-8(12)6-3-2-4-7(11)9(6)10/h2-4,8H,5,12H2,1H3. The van der Waals surface area contributed by atoms with Gasteiger partial charge in [-0.25, -0.2) is 4.39 Å². The van der Waals surface area contributed by atoms with Gasteiger partial charge in [0.25, 0.3) is 0 Å². The maximum absolute atomic E-state index is 13.0. The Kier molecular flexibility index (Phi) is 3.84. The van der Waals surface area contributed by atoms with E-state index in [1.807, 2.05) is 0 Å². The van der Waals surface area contributed by atoms with Crippen molar-refractivity contribution in [2.45, 2.75) is 6.04 Å². The molecule has 0 saturated heterocycles. The Bertz CT molecular complexity index is 293. The Labute approximate surface area is 85.0 Å². The highest BCUT2D eigenvalue weighted by molar-refractivity contribution is 9.10. The van der Waals surface area contributed by atoms with Gasteiger partial charge in [0.1, 0.15) is 5.82 Å². The molecule has 0 aliphatic carbocycles. The van der Waals surface area contributed by atoms with Gasteiger partial charge in [0.2, 0.25) is 0 Å². The van der Waals surface area contributed by atoms with E-state index >= 15 is 0 Å². The second kappa shape index (κ2) is 4.69. The van der Waals surface area contributed by atoms with E-state index < -0.39 is 0 Å². The second-order valence-electron chi connectivity index (χ2n) is 2.70. The van der Waals surface area contributed by atoms with E-state index in [9.17, 15) is 4.39 Å². The maximum Gasteiger partial charge on any atom is 0.137 e. The highest BCUT2D eigenvalue weighted by atomic mass is 79.9. The van der Waals surface area contributed by atoms with E-state index in [0.717, 1.165) is 5.56 Å². The average molecular weight is 248 g/mol. The zero-order valence-electron chi connectivity index (χ0n) is 7.26. The third-order valence-corrected chi connectivity index (χ3v) is 2.56. The number of rotatable bonds is 3. The lowest BCUT2D eigenvalue weighted by molar-refractivity contribution is 0.180. The molecule has 2 N–H and O–H groups in total. The fourth-order valence-corrected chi connectivity index (χ4v) is 1.63. The Morgan fingerprint density at radius 2 is 2.31 bits per heavy atom. The minimum Gasteiger partial charge on any atom is -0.383 e. The molecule has 1 atom stereocenters. The number of nitrogens with two attached hydrogens (primary N) is 1. The Hall–Kier alpha value is -0.450. The van der Waals surface area contributed by atoms with Gasteiger partial charge in [-0.05, 0) is 27.6 Å². The third kappa shape index (κ3) is 2.49. The molecule has 0 bridgehead atoms. The topological polar surface area (TPSA) is 35.2 Å². The van der Waals surface area contributed by atoms with E-state index in [0.29, 0.717) is 11.1 Å². The van der Waals surface area contributed by atoms with Crippen LogP contribution in [0.15, 0.2) is 22.7 Å². The maximum atomic E-state index is 13.0. The van der Waals surface area contributed by atoms with Crippen molar-refractivity contribution >= 4 is 15.9 Å². The van der Waals surface area contributed by atoms with Crippen molar-refractivity contribution in [3.05, 3.63) is 34.1 Å². The number of hydrogen-bond acceptors (Lipinski definition) is 2. The summed E-state index contributed by atoms with van der Waals surface area (Å²) in [6, 6.07) is 4.49. The van der Waals surface area contributed by atoms with Gasteiger partial charge >= 0.3 is 0 Å². The smallest absolute Gasteiger partial charge is 0.137 e. The first-order valence-corrected chi connectivity index (χ1v) is 4.64. The van der Waals surface area contributed by atoms with Gasteiger partial charge in [-0.2, -0.15) is 0 Å². The molecule has 0 saturated carbocycles. The fraction of sp³-hybridized carbons (Fsp3) is 0.333. The van der Waals surface area contributed by atoms with Crippen LogP contribution in [0.25, 0.3) is 0 Å². The van der Waals surface area contributed by atoms with Crippen molar-refractivity contribution < 1.29 is 9.13 Å². The van der Waals surface area contributed by atoms with Crippen molar-refractivity contribution in [2.24, 2.45) is 5.73 Å². The molecule has 1 aromatic carbocycles. The van der Waals surface area contributed by atoms with Crippen LogP contribution in [0.3, 0.4) is 0 Å². The third-order valence-electron chi connectivity index (χ3n) is 1.73. The lowest BCUT2D eigenvalue weighted by atomic mass is 10.1. The van der Waals surface area contributed by atoms with Gasteiger partial charge in [-0.3, -0.25) is 0 Å². The average Bonchev–Trinajstić information content (AvgIpc) is 2.10. The van der Waals surface area contributed by atoms with E-state index in [4.69, 9.17) is 10.5 Å². The quantitative estimate of drug-likeness (QED) is 0.890. The van der Waals surface area contributed by atoms with Crippen LogP contribution in [0.2, 0.25) is 0 Å². The summed E-state index contributed by atoms with van der Waals surface area (Å²) in [5, 5.41) is 0. The minimum absolute atomic E-state index is 0.296. The molecule has 1 aromatic rings. The summed E-state index contributed by atoms with van der Waals surface area (Å²) in [6.07, 6.45) is 0. The van der Waals surface area contributed by atoms with Crippen molar-refractivity contribution in [2.75, 3.05) is 13.7 Å². The highest BCUT2D eigenvalue weighted by Gasteiger charge is 2.11. The predicted molar refractivity (Wildman–Crippen MR) is 52.9 cm³/mol. The SMILES string of the molecule is COCC(N)c1cccc(F)c1Br. The molecule has 2 nitrogen and oxygen atoms in total. The number of ether oxygens (including phenoxy) is 1. The van der Waals surface area contributed by atoms with E-state index in [2.05, 4.69) is 15.9 Å². The summed E-state index contributed by atoms with van der Waals surface area (Å²) in [5.41, 5.74) is 6.48. The molecule has 0 aliphatic heterocycles. The van der Waals surface area contributed by atoms with Gasteiger partial charge in [0.05, 0.1) is 17.1 Å². The van der Waals surface area contributed by atoms with E-state index in [1.54, 1.807) is 19.2 Å². The number of halogens is 2. The summed E-state index contributed by atoms with van der Waals surface area (Å²) in [7, 11) is 1.56. The molecule has 13 heavy (non-hydrogen) atoms. The van der Waals surface area contributed by atoms with Crippen molar-refractivity contribution in [1.82, 2.24) is 0 Å². The summed E-state index contributed by atoms with van der Waals surface area (Å²) < 4.78 is 18.3. The van der Waals surface area contributed by atoms with Crippen LogP contribution in [-0.2, 0) is 4.74 Å². The van der Waals surface area contributed by atoms with Crippen LogP contribution in [0.1, 0.15) is 11.6 Å². The van der Waals surface area contributed by atoms with Crippen LogP contribution >= 0.6 is 15.9 Å². The minimum atomic E-state index is -0.302. The first kappa shape index (κ1) is 10.6. The van der Waals surface area contributed by atoms with Crippen LogP contribution in [0.4, 0.5) is 4.39 Å². The van der Waals surface area contributed by atoms with Gasteiger partial charge in [-0.15, -0.1) is 0 Å². The molecular weight excluding hydrogens is 237 g/mol. The van der Waals surface area contributed by atoms with Crippen molar-refractivity contribution in [3.8, 4) is 0 Å². The van der Waals surface area contributed by atoms with Gasteiger partial charge in [-0.1, -0.05) is 12.1 Å². The zero-order valence-corrected chi connectivity index (χ0v) is 8.84. The Morgan fingerprint density at radius 3 is 2.92 bits per heavy atom. The summed E-state index contributed by atoms with van der Waals surface area (Å²) in [5.74, 6) is -0.302. The summed E-state index contributed by atoms with van der Waals surface area (Å²) >= 11 is 3.14. The molecule has 0 aliphatic rings. The van der Waals surface area contributed by atoms with Crippen molar-refractivity contribution in [3.63, 3.8) is 0 Å². The molecule has 0 amide bonds. The zero-order chi connectivity index (χ0) is 9.84. The first-order chi connectivity index (χ1) is 6.16. The second-order valence-corrected chi connectivity index (χ2v) is 3.50. The Balaban J connectivity index is 2.93. The largest absolute Gasteiger partial charge is 0.383 e. The highest BCUT2D eigenvalue weighted by Crippen LogP contribution is 2.24. The van der Waals surface area contributed by atoms with Crippen LogP contribution < -0.4 is 5.73 Å². The van der Waals surface area contributed by atoms with Crippen molar-refractivity contribution in [1.29, 1.82) is 0 Å². The summed E-state index contributed by atoms with van der Waals surface area (Å²) in [6.45, 7) is 0.377. The monoisotopic (exact) mass is 247 g/mol. The molecule has 0 heterocycles. The van der Waals surface area contributed by atoms with Crippen LogP contribution in [-0.4, -0.2) is 13.7 Å². The number of hydrogen-bond donors (Lipinski definition) is 1. The van der Waals surface area contributed by atoms with Gasteiger partial charge in [0.15, 0.2) is 0 Å².